The van der Waals surface area contributed by atoms with Crippen LogP contribution in [0.5, 0.6) is 0 Å². The van der Waals surface area contributed by atoms with E-state index in [-0.39, 0.29) is 24.0 Å². The van der Waals surface area contributed by atoms with E-state index in [0.29, 0.717) is 12.5 Å². The van der Waals surface area contributed by atoms with Crippen LogP contribution >= 0.6 is 24.0 Å². The van der Waals surface area contributed by atoms with Gasteiger partial charge in [0.2, 0.25) is 0 Å². The van der Waals surface area contributed by atoms with Crippen LogP contribution < -0.4 is 5.32 Å². The van der Waals surface area contributed by atoms with Gasteiger partial charge in [0.1, 0.15) is 12.4 Å². The molecule has 0 bridgehead atoms. The average molecular weight is 507 g/mol. The normalized spacial score (nSPS) is 15.8. The molecule has 2 heterocycles. The van der Waals surface area contributed by atoms with Crippen molar-refractivity contribution in [2.24, 2.45) is 18.0 Å². The molecule has 9 heteroatoms. The second kappa shape index (κ2) is 13.3. The van der Waals surface area contributed by atoms with E-state index in [1.165, 1.54) is 6.54 Å². The second-order valence-corrected chi connectivity index (χ2v) is 7.52. The Kier molecular flexibility index (Phi) is 11.9. The molecule has 1 aliphatic rings. The van der Waals surface area contributed by atoms with Gasteiger partial charge >= 0.3 is 0 Å². The molecule has 0 aromatic carbocycles. The van der Waals surface area contributed by atoms with Crippen molar-refractivity contribution in [2.75, 3.05) is 52.5 Å². The summed E-state index contributed by atoms with van der Waals surface area (Å²) in [5, 5.41) is 11.9. The Labute approximate surface area is 187 Å². The van der Waals surface area contributed by atoms with E-state index in [9.17, 15) is 0 Å². The summed E-state index contributed by atoms with van der Waals surface area (Å²) in [4.78, 5) is 9.75. The fraction of sp³-hybridized carbons (Fsp3) is 0.842. The first kappa shape index (κ1) is 25.1. The summed E-state index contributed by atoms with van der Waals surface area (Å²) in [6, 6.07) is 0. The molecule has 1 fully saturated rings. The highest BCUT2D eigenvalue weighted by molar-refractivity contribution is 14.0. The highest BCUT2D eigenvalue weighted by Gasteiger charge is 2.20. The first-order valence-corrected chi connectivity index (χ1v) is 10.2. The minimum atomic E-state index is 0. The number of aromatic nitrogens is 3. The van der Waals surface area contributed by atoms with Gasteiger partial charge in [0.05, 0.1) is 0 Å². The van der Waals surface area contributed by atoms with E-state index in [1.54, 1.807) is 0 Å². The maximum atomic E-state index is 5.44. The average Bonchev–Trinajstić information content (AvgIpc) is 2.96. The lowest BCUT2D eigenvalue weighted by Crippen LogP contribution is -2.53. The molecule has 0 atom stereocenters. The maximum absolute atomic E-state index is 5.44. The van der Waals surface area contributed by atoms with Crippen molar-refractivity contribution in [3.63, 3.8) is 0 Å². The van der Waals surface area contributed by atoms with Crippen LogP contribution in [0.2, 0.25) is 0 Å². The maximum Gasteiger partial charge on any atom is 0.194 e. The lowest BCUT2D eigenvalue weighted by molar-refractivity contribution is 0.144. The van der Waals surface area contributed by atoms with Gasteiger partial charge in [-0.3, -0.25) is 4.90 Å². The Morgan fingerprint density at radius 1 is 1.21 bits per heavy atom. The van der Waals surface area contributed by atoms with Crippen LogP contribution in [0.1, 0.15) is 38.8 Å². The number of rotatable bonds is 9. The summed E-state index contributed by atoms with van der Waals surface area (Å²) >= 11 is 0. The minimum Gasteiger partial charge on any atom is -0.382 e. The quantitative estimate of drug-likeness (QED) is 0.238. The van der Waals surface area contributed by atoms with Gasteiger partial charge in [-0.25, -0.2) is 4.99 Å². The van der Waals surface area contributed by atoms with Crippen molar-refractivity contribution in [1.82, 2.24) is 29.9 Å². The number of hydrogen-bond acceptors (Lipinski definition) is 5. The number of halogens is 1. The molecule has 0 spiro atoms. The lowest BCUT2D eigenvalue weighted by atomic mass is 10.2. The summed E-state index contributed by atoms with van der Waals surface area (Å²) < 4.78 is 7.43. The van der Waals surface area contributed by atoms with E-state index in [2.05, 4.69) is 39.2 Å². The fourth-order valence-electron chi connectivity index (χ4n) is 3.18. The molecule has 0 aliphatic carbocycles. The highest BCUT2D eigenvalue weighted by Crippen LogP contribution is 2.07. The molecule has 162 valence electrons. The lowest BCUT2D eigenvalue weighted by Gasteiger charge is -2.37. The smallest absolute Gasteiger partial charge is 0.194 e. The van der Waals surface area contributed by atoms with E-state index in [0.717, 1.165) is 70.0 Å². The van der Waals surface area contributed by atoms with Crippen LogP contribution in [0.3, 0.4) is 0 Å². The Morgan fingerprint density at radius 3 is 2.50 bits per heavy atom. The van der Waals surface area contributed by atoms with E-state index < -0.39 is 0 Å². The molecular weight excluding hydrogens is 469 g/mol. The van der Waals surface area contributed by atoms with E-state index >= 15 is 0 Å². The number of guanidine groups is 1. The largest absolute Gasteiger partial charge is 0.382 e. The molecule has 0 radical (unpaired) electrons. The molecule has 1 N–H and O–H groups in total. The third-order valence-electron chi connectivity index (χ3n) is 4.80. The van der Waals surface area contributed by atoms with Gasteiger partial charge in [0, 0.05) is 59.5 Å². The Balaban J connectivity index is 0.00000392. The van der Waals surface area contributed by atoms with Crippen molar-refractivity contribution in [2.45, 2.75) is 40.7 Å². The molecule has 1 aromatic rings. The zero-order valence-electron chi connectivity index (χ0n) is 18.1. The van der Waals surface area contributed by atoms with Crippen molar-refractivity contribution in [1.29, 1.82) is 0 Å². The first-order chi connectivity index (χ1) is 13.0. The topological polar surface area (TPSA) is 70.8 Å². The predicted octanol–water partition coefficient (Wildman–Crippen LogP) is 1.89. The zero-order chi connectivity index (χ0) is 19.6. The molecule has 0 saturated carbocycles. The van der Waals surface area contributed by atoms with Gasteiger partial charge in [-0.15, -0.1) is 34.2 Å². The van der Waals surface area contributed by atoms with Crippen molar-refractivity contribution >= 4 is 29.9 Å². The number of hydrogen-bond donors (Lipinski definition) is 1. The van der Waals surface area contributed by atoms with E-state index in [1.807, 2.05) is 25.5 Å². The Bertz CT molecular complexity index is 583. The van der Waals surface area contributed by atoms with Gasteiger partial charge in [-0.1, -0.05) is 13.8 Å². The third kappa shape index (κ3) is 8.20. The molecule has 1 aromatic heterocycles. The van der Waals surface area contributed by atoms with Crippen LogP contribution in [0.25, 0.3) is 0 Å². The summed E-state index contributed by atoms with van der Waals surface area (Å²) in [5.74, 6) is 3.48. The number of piperazine rings is 1. The Hall–Kier alpha value is -0.940. The predicted molar refractivity (Wildman–Crippen MR) is 124 cm³/mol. The van der Waals surface area contributed by atoms with Crippen molar-refractivity contribution in [3.8, 4) is 0 Å². The van der Waals surface area contributed by atoms with Gasteiger partial charge in [0.15, 0.2) is 11.8 Å². The summed E-state index contributed by atoms with van der Waals surface area (Å²) in [7, 11) is 1.99. The molecular formula is C19H38IN7O. The number of ether oxygens (including phenoxy) is 1. The molecule has 0 amide bonds. The standard InChI is InChI=1S/C19H37N7O.HI/c1-6-27-13-7-8-20-19(21-14-18-23-22-17(4)24(18)5)26-11-9-25(10-12-26)15-16(2)3;/h16H,6-15H2,1-5H3,(H,20,21);1H. The molecule has 1 saturated heterocycles. The molecule has 28 heavy (non-hydrogen) atoms. The fourth-order valence-corrected chi connectivity index (χ4v) is 3.18. The van der Waals surface area contributed by atoms with Crippen LogP contribution in [0, 0.1) is 12.8 Å². The summed E-state index contributed by atoms with van der Waals surface area (Å²) in [5.41, 5.74) is 0. The third-order valence-corrected chi connectivity index (χ3v) is 4.80. The SMILES string of the molecule is CCOCCCNC(=NCc1nnc(C)n1C)N1CCN(CC(C)C)CC1.I. The first-order valence-electron chi connectivity index (χ1n) is 10.2. The van der Waals surface area contributed by atoms with Crippen LogP contribution in [0.4, 0.5) is 0 Å². The van der Waals surface area contributed by atoms with Gasteiger partial charge in [-0.05, 0) is 26.2 Å². The van der Waals surface area contributed by atoms with Crippen LogP contribution in [-0.2, 0) is 18.3 Å². The van der Waals surface area contributed by atoms with Gasteiger partial charge in [0.25, 0.3) is 0 Å². The van der Waals surface area contributed by atoms with Gasteiger partial charge in [-0.2, -0.15) is 0 Å². The van der Waals surface area contributed by atoms with Crippen LogP contribution in [-0.4, -0.2) is 83.0 Å². The zero-order valence-corrected chi connectivity index (χ0v) is 20.5. The number of aliphatic imine (C=N–C) groups is 1. The van der Waals surface area contributed by atoms with Crippen molar-refractivity contribution < 1.29 is 4.74 Å². The van der Waals surface area contributed by atoms with E-state index in [4.69, 9.17) is 9.73 Å². The van der Waals surface area contributed by atoms with Gasteiger partial charge < -0.3 is 19.5 Å². The van der Waals surface area contributed by atoms with Crippen LogP contribution in [0.15, 0.2) is 4.99 Å². The number of nitrogens with zero attached hydrogens (tertiary/aromatic N) is 6. The second-order valence-electron chi connectivity index (χ2n) is 7.52. The molecule has 8 nitrogen and oxygen atoms in total. The highest BCUT2D eigenvalue weighted by atomic mass is 127. The summed E-state index contributed by atoms with van der Waals surface area (Å²) in [6.07, 6.45) is 0.975. The molecule has 1 aliphatic heterocycles. The Morgan fingerprint density at radius 2 is 1.93 bits per heavy atom. The minimum absolute atomic E-state index is 0. The van der Waals surface area contributed by atoms with Crippen molar-refractivity contribution in [3.05, 3.63) is 11.6 Å². The molecule has 0 unspecified atom stereocenters. The molecule has 2 rings (SSSR count). The number of aryl methyl sites for hydroxylation is 1. The number of nitrogens with one attached hydrogen (secondary N) is 1. The summed E-state index contributed by atoms with van der Waals surface area (Å²) in [6.45, 7) is 16.8. The monoisotopic (exact) mass is 507 g/mol.